The van der Waals surface area contributed by atoms with Crippen molar-refractivity contribution in [2.45, 2.75) is 19.9 Å². The average Bonchev–Trinajstić information content (AvgIpc) is 2.62. The Morgan fingerprint density at radius 1 is 1.04 bits per heavy atom. The highest BCUT2D eigenvalue weighted by Crippen LogP contribution is 2.14. The van der Waals surface area contributed by atoms with Crippen LogP contribution in [-0.4, -0.2) is 36.3 Å². The van der Waals surface area contributed by atoms with Crippen LogP contribution in [0.1, 0.15) is 29.3 Å². The molecule has 0 bridgehead atoms. The molecule has 0 aliphatic carbocycles. The third kappa shape index (κ3) is 5.73. The van der Waals surface area contributed by atoms with Crippen molar-refractivity contribution in [2.75, 3.05) is 19.0 Å². The summed E-state index contributed by atoms with van der Waals surface area (Å²) in [5.41, 5.74) is 1.94. The fraction of sp³-hybridized carbons (Fsp3) is 0.250. The topological polar surface area (TPSA) is 75.7 Å². The molecule has 0 radical (unpaired) electrons. The number of rotatable bonds is 7. The van der Waals surface area contributed by atoms with Crippen molar-refractivity contribution >= 4 is 23.5 Å². The third-order valence-electron chi connectivity index (χ3n) is 3.61. The number of amides is 2. The molecule has 0 aliphatic heterocycles. The van der Waals surface area contributed by atoms with Gasteiger partial charge in [0.05, 0.1) is 6.61 Å². The number of hydrogen-bond donors (Lipinski definition) is 1. The van der Waals surface area contributed by atoms with Gasteiger partial charge in [0.25, 0.3) is 5.91 Å². The number of anilines is 1. The lowest BCUT2D eigenvalue weighted by Crippen LogP contribution is -2.26. The van der Waals surface area contributed by atoms with Gasteiger partial charge in [-0.15, -0.1) is 0 Å². The molecule has 6 nitrogen and oxygen atoms in total. The maximum atomic E-state index is 12.6. The Labute approximate surface area is 152 Å². The summed E-state index contributed by atoms with van der Waals surface area (Å²) in [4.78, 5) is 37.4. The second-order valence-corrected chi connectivity index (χ2v) is 5.76. The largest absolute Gasteiger partial charge is 0.466 e. The normalized spacial score (nSPS) is 10.1. The molecular weight excluding hydrogens is 332 g/mol. The Kier molecular flexibility index (Phi) is 6.91. The summed E-state index contributed by atoms with van der Waals surface area (Å²) < 4.78 is 4.74. The maximum absolute atomic E-state index is 12.6. The number of carbonyl (C=O) groups excluding carboxylic acids is 3. The van der Waals surface area contributed by atoms with E-state index in [0.29, 0.717) is 17.8 Å². The molecule has 2 aromatic carbocycles. The molecule has 0 atom stereocenters. The SMILES string of the molecule is CCOC(=O)CC(=O)Nc1cccc(C(=O)N(C)Cc2ccccc2)c1. The second-order valence-electron chi connectivity index (χ2n) is 5.76. The number of hydrogen-bond acceptors (Lipinski definition) is 4. The first-order chi connectivity index (χ1) is 12.5. The number of nitrogens with zero attached hydrogens (tertiary/aromatic N) is 1. The first kappa shape index (κ1) is 19.2. The lowest BCUT2D eigenvalue weighted by molar-refractivity contribution is -0.145. The van der Waals surface area contributed by atoms with E-state index in [1.165, 1.54) is 0 Å². The first-order valence-electron chi connectivity index (χ1n) is 8.34. The molecule has 26 heavy (non-hydrogen) atoms. The lowest BCUT2D eigenvalue weighted by Gasteiger charge is -2.18. The summed E-state index contributed by atoms with van der Waals surface area (Å²) in [5.74, 6) is -1.22. The van der Waals surface area contributed by atoms with E-state index >= 15 is 0 Å². The number of benzene rings is 2. The van der Waals surface area contributed by atoms with Gasteiger partial charge in [0.15, 0.2) is 0 Å². The molecule has 0 saturated heterocycles. The molecule has 0 aromatic heterocycles. The average molecular weight is 354 g/mol. The highest BCUT2D eigenvalue weighted by Gasteiger charge is 2.14. The molecule has 2 rings (SSSR count). The van der Waals surface area contributed by atoms with Crippen LogP contribution in [-0.2, 0) is 20.9 Å². The van der Waals surface area contributed by atoms with Gasteiger partial charge in [-0.3, -0.25) is 14.4 Å². The highest BCUT2D eigenvalue weighted by atomic mass is 16.5. The van der Waals surface area contributed by atoms with Crippen LogP contribution in [0.2, 0.25) is 0 Å². The Bertz CT molecular complexity index is 774. The van der Waals surface area contributed by atoms with Crippen LogP contribution in [0.15, 0.2) is 54.6 Å². The Balaban J connectivity index is 2.00. The molecule has 0 aliphatic rings. The van der Waals surface area contributed by atoms with Crippen LogP contribution >= 0.6 is 0 Å². The predicted octanol–water partition coefficient (Wildman–Crippen LogP) is 2.85. The molecule has 0 heterocycles. The van der Waals surface area contributed by atoms with Gasteiger partial charge in [-0.2, -0.15) is 0 Å². The molecule has 136 valence electrons. The van der Waals surface area contributed by atoms with Crippen molar-refractivity contribution in [2.24, 2.45) is 0 Å². The minimum absolute atomic E-state index is 0.157. The van der Waals surface area contributed by atoms with Gasteiger partial charge >= 0.3 is 5.97 Å². The van der Waals surface area contributed by atoms with Crippen LogP contribution in [0.5, 0.6) is 0 Å². The fourth-order valence-corrected chi connectivity index (χ4v) is 2.43. The summed E-state index contributed by atoms with van der Waals surface area (Å²) in [7, 11) is 1.72. The highest BCUT2D eigenvalue weighted by molar-refractivity contribution is 6.02. The van der Waals surface area contributed by atoms with Gasteiger partial charge in [-0.1, -0.05) is 36.4 Å². The van der Waals surface area contributed by atoms with Crippen LogP contribution < -0.4 is 5.32 Å². The van der Waals surface area contributed by atoms with E-state index in [1.54, 1.807) is 43.1 Å². The van der Waals surface area contributed by atoms with Gasteiger partial charge in [-0.25, -0.2) is 0 Å². The second kappa shape index (κ2) is 9.36. The first-order valence-corrected chi connectivity index (χ1v) is 8.34. The number of nitrogens with one attached hydrogen (secondary N) is 1. The van der Waals surface area contributed by atoms with Crippen molar-refractivity contribution < 1.29 is 19.1 Å². The molecule has 2 aromatic rings. The van der Waals surface area contributed by atoms with E-state index in [9.17, 15) is 14.4 Å². The van der Waals surface area contributed by atoms with Crippen LogP contribution in [0.4, 0.5) is 5.69 Å². The van der Waals surface area contributed by atoms with Crippen LogP contribution in [0.3, 0.4) is 0 Å². The van der Waals surface area contributed by atoms with E-state index in [2.05, 4.69) is 5.32 Å². The lowest BCUT2D eigenvalue weighted by atomic mass is 10.1. The minimum atomic E-state index is -0.583. The number of carbonyl (C=O) groups is 3. The molecule has 0 spiro atoms. The van der Waals surface area contributed by atoms with Crippen LogP contribution in [0.25, 0.3) is 0 Å². The minimum Gasteiger partial charge on any atom is -0.466 e. The quantitative estimate of drug-likeness (QED) is 0.613. The van der Waals surface area contributed by atoms with Gasteiger partial charge in [0.2, 0.25) is 5.91 Å². The van der Waals surface area contributed by atoms with Gasteiger partial charge < -0.3 is 15.0 Å². The summed E-state index contributed by atoms with van der Waals surface area (Å²) >= 11 is 0. The molecular formula is C20H22N2O4. The van der Waals surface area contributed by atoms with E-state index < -0.39 is 11.9 Å². The monoisotopic (exact) mass is 354 g/mol. The standard InChI is InChI=1S/C20H22N2O4/c1-3-26-19(24)13-18(23)21-17-11-7-10-16(12-17)20(25)22(2)14-15-8-5-4-6-9-15/h4-12H,3,13-14H2,1-2H3,(H,21,23). The van der Waals surface area contributed by atoms with Gasteiger partial charge in [-0.05, 0) is 30.7 Å². The van der Waals surface area contributed by atoms with Gasteiger partial charge in [0, 0.05) is 24.8 Å². The Morgan fingerprint density at radius 3 is 2.46 bits per heavy atom. The van der Waals surface area contributed by atoms with Crippen LogP contribution in [0, 0.1) is 0 Å². The van der Waals surface area contributed by atoms with Crippen molar-refractivity contribution in [3.63, 3.8) is 0 Å². The number of esters is 1. The Morgan fingerprint density at radius 2 is 1.77 bits per heavy atom. The molecule has 0 saturated carbocycles. The van der Waals surface area contributed by atoms with E-state index in [-0.39, 0.29) is 18.9 Å². The summed E-state index contributed by atoms with van der Waals surface area (Å²) in [6.45, 7) is 2.39. The van der Waals surface area contributed by atoms with E-state index in [1.807, 2.05) is 30.3 Å². The molecule has 0 unspecified atom stereocenters. The molecule has 6 heteroatoms. The van der Waals surface area contributed by atoms with Crippen molar-refractivity contribution in [3.05, 3.63) is 65.7 Å². The predicted molar refractivity (Wildman–Crippen MR) is 98.6 cm³/mol. The zero-order chi connectivity index (χ0) is 18.9. The van der Waals surface area contributed by atoms with Gasteiger partial charge in [0.1, 0.15) is 6.42 Å². The summed E-state index contributed by atoms with van der Waals surface area (Å²) in [6, 6.07) is 16.3. The van der Waals surface area contributed by atoms with Crippen molar-refractivity contribution in [1.29, 1.82) is 0 Å². The molecule has 0 fully saturated rings. The fourth-order valence-electron chi connectivity index (χ4n) is 2.43. The summed E-state index contributed by atoms with van der Waals surface area (Å²) in [5, 5.41) is 2.60. The van der Waals surface area contributed by atoms with E-state index in [0.717, 1.165) is 5.56 Å². The zero-order valence-electron chi connectivity index (χ0n) is 14.9. The zero-order valence-corrected chi connectivity index (χ0v) is 14.9. The third-order valence-corrected chi connectivity index (χ3v) is 3.61. The molecule has 1 N–H and O–H groups in total. The Hall–Kier alpha value is -3.15. The number of ether oxygens (including phenoxy) is 1. The van der Waals surface area contributed by atoms with E-state index in [4.69, 9.17) is 4.74 Å². The maximum Gasteiger partial charge on any atom is 0.315 e. The van der Waals surface area contributed by atoms with Crippen molar-refractivity contribution in [3.8, 4) is 0 Å². The van der Waals surface area contributed by atoms with Crippen molar-refractivity contribution in [1.82, 2.24) is 4.90 Å². The summed E-state index contributed by atoms with van der Waals surface area (Å²) in [6.07, 6.45) is -0.361. The molecule has 2 amide bonds. The smallest absolute Gasteiger partial charge is 0.315 e.